The number of aromatic nitrogens is 1. The maximum atomic E-state index is 13.8. The highest BCUT2D eigenvalue weighted by Crippen LogP contribution is 2.44. The molecular formula is C27H24ClFN2O4. The molecule has 1 fully saturated rings. The molecule has 8 heteroatoms. The average molecular weight is 495 g/mol. The molecule has 2 aromatic carbocycles. The third-order valence-corrected chi connectivity index (χ3v) is 6.24. The van der Waals surface area contributed by atoms with Gasteiger partial charge in [-0.1, -0.05) is 44.5 Å². The van der Waals surface area contributed by atoms with Crippen molar-refractivity contribution in [3.63, 3.8) is 0 Å². The number of nitrogens with zero attached hydrogens (tertiary/aromatic N) is 2. The molecule has 2 heterocycles. The highest BCUT2D eigenvalue weighted by atomic mass is 35.5. The molecule has 180 valence electrons. The fraction of sp³-hybridized carbons (Fsp3) is 0.222. The molecule has 1 atom stereocenters. The van der Waals surface area contributed by atoms with Crippen LogP contribution >= 0.6 is 11.6 Å². The van der Waals surface area contributed by atoms with E-state index in [9.17, 15) is 19.1 Å². The maximum Gasteiger partial charge on any atom is 0.300 e. The van der Waals surface area contributed by atoms with E-state index in [1.165, 1.54) is 30.3 Å². The zero-order valence-electron chi connectivity index (χ0n) is 19.7. The summed E-state index contributed by atoms with van der Waals surface area (Å²) in [5.74, 6) is -2.46. The van der Waals surface area contributed by atoms with Crippen molar-refractivity contribution in [1.29, 1.82) is 0 Å². The van der Waals surface area contributed by atoms with E-state index in [2.05, 4.69) is 4.98 Å². The van der Waals surface area contributed by atoms with E-state index in [-0.39, 0.29) is 33.0 Å². The van der Waals surface area contributed by atoms with Crippen molar-refractivity contribution in [3.8, 4) is 5.75 Å². The number of anilines is 1. The van der Waals surface area contributed by atoms with Crippen LogP contribution in [0.1, 0.15) is 43.5 Å². The number of aliphatic hydroxyl groups excluding tert-OH is 1. The van der Waals surface area contributed by atoms with Gasteiger partial charge in [-0.05, 0) is 52.9 Å². The summed E-state index contributed by atoms with van der Waals surface area (Å²) >= 11 is 5.98. The first-order valence-electron chi connectivity index (χ1n) is 10.9. The third kappa shape index (κ3) is 4.39. The van der Waals surface area contributed by atoms with Gasteiger partial charge in [-0.15, -0.1) is 0 Å². The molecule has 0 spiro atoms. The number of benzene rings is 2. The van der Waals surface area contributed by atoms with Crippen LogP contribution in [0.4, 0.5) is 10.1 Å². The quantitative estimate of drug-likeness (QED) is 0.281. The lowest BCUT2D eigenvalue weighted by molar-refractivity contribution is -0.132. The van der Waals surface area contributed by atoms with Crippen LogP contribution in [0, 0.1) is 5.82 Å². The van der Waals surface area contributed by atoms with Crippen molar-refractivity contribution < 1.29 is 23.8 Å². The molecule has 35 heavy (non-hydrogen) atoms. The van der Waals surface area contributed by atoms with E-state index < -0.39 is 23.5 Å². The molecule has 1 saturated heterocycles. The highest BCUT2D eigenvalue weighted by molar-refractivity contribution is 6.51. The Morgan fingerprint density at radius 3 is 2.49 bits per heavy atom. The standard InChI is InChI=1S/C27H24ClFN2O4/c1-27(2,3)16-7-10-21(35-4)18(12-16)24(32)22-23(15-6-5-11-30-14-15)31(26(34)25(22)33)17-8-9-20(29)19(28)13-17/h5-14,23,32H,1-4H3/b24-22+. The number of halogens is 2. The number of aliphatic hydroxyl groups is 1. The van der Waals surface area contributed by atoms with Crippen molar-refractivity contribution in [3.05, 3.63) is 94.0 Å². The van der Waals surface area contributed by atoms with Crippen LogP contribution in [0.2, 0.25) is 5.02 Å². The van der Waals surface area contributed by atoms with E-state index in [1.54, 1.807) is 30.5 Å². The van der Waals surface area contributed by atoms with Crippen molar-refractivity contribution >= 4 is 34.7 Å². The van der Waals surface area contributed by atoms with Crippen molar-refractivity contribution in [2.24, 2.45) is 0 Å². The monoisotopic (exact) mass is 494 g/mol. The van der Waals surface area contributed by atoms with Crippen LogP contribution in [0.25, 0.3) is 5.76 Å². The summed E-state index contributed by atoms with van der Waals surface area (Å²) in [4.78, 5) is 31.9. The summed E-state index contributed by atoms with van der Waals surface area (Å²) in [5, 5.41) is 11.3. The molecule has 4 rings (SSSR count). The first-order valence-corrected chi connectivity index (χ1v) is 11.3. The Labute approximate surface area is 207 Å². The van der Waals surface area contributed by atoms with Crippen LogP contribution in [-0.4, -0.2) is 28.9 Å². The van der Waals surface area contributed by atoms with Crippen LogP contribution < -0.4 is 9.64 Å². The largest absolute Gasteiger partial charge is 0.507 e. The fourth-order valence-corrected chi connectivity index (χ4v) is 4.27. The minimum atomic E-state index is -1.02. The van der Waals surface area contributed by atoms with E-state index >= 15 is 0 Å². The summed E-state index contributed by atoms with van der Waals surface area (Å²) in [7, 11) is 1.46. The number of pyridine rings is 1. The minimum absolute atomic E-state index is 0.132. The molecule has 0 saturated carbocycles. The van der Waals surface area contributed by atoms with Crippen LogP contribution in [0.5, 0.6) is 5.75 Å². The second-order valence-corrected chi connectivity index (χ2v) is 9.63. The van der Waals surface area contributed by atoms with Gasteiger partial charge >= 0.3 is 0 Å². The number of ketones is 1. The zero-order valence-corrected chi connectivity index (χ0v) is 20.4. The molecule has 3 aromatic rings. The van der Waals surface area contributed by atoms with Gasteiger partial charge < -0.3 is 9.84 Å². The molecule has 1 aliphatic heterocycles. The first-order chi connectivity index (χ1) is 16.5. The predicted octanol–water partition coefficient (Wildman–Crippen LogP) is 5.81. The molecule has 1 amide bonds. The summed E-state index contributed by atoms with van der Waals surface area (Å²) in [6.07, 6.45) is 3.06. The number of carbonyl (C=O) groups is 2. The van der Waals surface area contributed by atoms with Crippen LogP contribution in [0.15, 0.2) is 66.5 Å². The molecule has 0 bridgehead atoms. The second-order valence-electron chi connectivity index (χ2n) is 9.22. The lowest BCUT2D eigenvalue weighted by Gasteiger charge is -2.26. The van der Waals surface area contributed by atoms with Gasteiger partial charge in [0, 0.05) is 18.1 Å². The Morgan fingerprint density at radius 1 is 1.14 bits per heavy atom. The summed E-state index contributed by atoms with van der Waals surface area (Å²) in [6.45, 7) is 6.06. The average Bonchev–Trinajstić information content (AvgIpc) is 3.10. The molecule has 1 aliphatic rings. The Morgan fingerprint density at radius 2 is 1.89 bits per heavy atom. The number of amides is 1. The van der Waals surface area contributed by atoms with Crippen molar-refractivity contribution in [2.75, 3.05) is 12.0 Å². The third-order valence-electron chi connectivity index (χ3n) is 5.95. The van der Waals surface area contributed by atoms with Gasteiger partial charge in [0.2, 0.25) is 0 Å². The Balaban J connectivity index is 1.99. The number of hydrogen-bond donors (Lipinski definition) is 1. The molecule has 1 aromatic heterocycles. The summed E-state index contributed by atoms with van der Waals surface area (Å²) in [5.41, 5.74) is 1.50. The van der Waals surface area contributed by atoms with Gasteiger partial charge in [-0.25, -0.2) is 4.39 Å². The van der Waals surface area contributed by atoms with E-state index in [0.717, 1.165) is 11.6 Å². The van der Waals surface area contributed by atoms with Gasteiger partial charge in [-0.3, -0.25) is 19.5 Å². The Kier molecular flexibility index (Phi) is 6.38. The number of methoxy groups -OCH3 is 1. The number of ether oxygens (including phenoxy) is 1. The maximum absolute atomic E-state index is 13.8. The highest BCUT2D eigenvalue weighted by Gasteiger charge is 2.47. The fourth-order valence-electron chi connectivity index (χ4n) is 4.09. The SMILES string of the molecule is COc1ccc(C(C)(C)C)cc1/C(O)=C1\C(=O)C(=O)N(c2ccc(F)c(Cl)c2)C1c1cccnc1. The molecule has 1 unspecified atom stereocenters. The van der Waals surface area contributed by atoms with Gasteiger partial charge in [-0.2, -0.15) is 0 Å². The second kappa shape index (κ2) is 9.15. The van der Waals surface area contributed by atoms with Gasteiger partial charge in [0.15, 0.2) is 0 Å². The smallest absolute Gasteiger partial charge is 0.300 e. The first kappa shape index (κ1) is 24.4. The molecule has 1 N–H and O–H groups in total. The van der Waals surface area contributed by atoms with Crippen LogP contribution in [0.3, 0.4) is 0 Å². The summed E-state index contributed by atoms with van der Waals surface area (Å²) < 4.78 is 19.3. The van der Waals surface area contributed by atoms with E-state index in [0.29, 0.717) is 11.3 Å². The number of carbonyl (C=O) groups excluding carboxylic acids is 2. The van der Waals surface area contributed by atoms with Crippen molar-refractivity contribution in [1.82, 2.24) is 4.98 Å². The Bertz CT molecular complexity index is 1350. The van der Waals surface area contributed by atoms with Gasteiger partial charge in [0.25, 0.3) is 11.7 Å². The molecule has 0 aliphatic carbocycles. The lowest BCUT2D eigenvalue weighted by atomic mass is 9.85. The number of Topliss-reactive ketones (excluding diaryl/α,β-unsaturated/α-hetero) is 1. The zero-order chi connectivity index (χ0) is 25.5. The van der Waals surface area contributed by atoms with E-state index in [1.807, 2.05) is 26.8 Å². The number of rotatable bonds is 4. The van der Waals surface area contributed by atoms with Crippen LogP contribution in [-0.2, 0) is 15.0 Å². The van der Waals surface area contributed by atoms with Crippen molar-refractivity contribution in [2.45, 2.75) is 32.2 Å². The normalized spacial score (nSPS) is 17.7. The minimum Gasteiger partial charge on any atom is -0.507 e. The Hall–Kier alpha value is -3.71. The summed E-state index contributed by atoms with van der Waals surface area (Å²) in [6, 6.07) is 11.4. The van der Waals surface area contributed by atoms with Gasteiger partial charge in [0.05, 0.1) is 29.3 Å². The molecular weight excluding hydrogens is 471 g/mol. The molecule has 0 radical (unpaired) electrons. The predicted molar refractivity (Wildman–Crippen MR) is 132 cm³/mol. The topological polar surface area (TPSA) is 79.7 Å². The number of hydrogen-bond acceptors (Lipinski definition) is 5. The lowest BCUT2D eigenvalue weighted by Crippen LogP contribution is -2.29. The van der Waals surface area contributed by atoms with E-state index in [4.69, 9.17) is 16.3 Å². The van der Waals surface area contributed by atoms with Gasteiger partial charge in [0.1, 0.15) is 17.3 Å². The molecule has 6 nitrogen and oxygen atoms in total.